The van der Waals surface area contributed by atoms with Gasteiger partial charge in [0, 0.05) is 24.8 Å². The largest absolute Gasteiger partial charge is 0.373 e. The van der Waals surface area contributed by atoms with Crippen LogP contribution in [0.2, 0.25) is 0 Å². The van der Waals surface area contributed by atoms with Gasteiger partial charge in [-0.2, -0.15) is 0 Å². The molecule has 1 aromatic rings. The molecule has 2 heterocycles. The lowest BCUT2D eigenvalue weighted by molar-refractivity contribution is 0.0600. The van der Waals surface area contributed by atoms with Crippen molar-refractivity contribution in [3.8, 4) is 0 Å². The molecule has 0 amide bonds. The summed E-state index contributed by atoms with van der Waals surface area (Å²) in [6.07, 6.45) is 5.73. The summed E-state index contributed by atoms with van der Waals surface area (Å²) in [5, 5.41) is 3.64. The summed E-state index contributed by atoms with van der Waals surface area (Å²) >= 11 is 0. The SMILES string of the molecule is CCNC1CCCN(CC2CCC(C)O2)c2ccccc21. The van der Waals surface area contributed by atoms with Crippen LogP contribution in [0.5, 0.6) is 0 Å². The van der Waals surface area contributed by atoms with Crippen molar-refractivity contribution in [1.82, 2.24) is 5.32 Å². The first-order valence-electron chi connectivity index (χ1n) is 8.50. The van der Waals surface area contributed by atoms with E-state index in [-0.39, 0.29) is 0 Å². The predicted octanol–water partition coefficient (Wildman–Crippen LogP) is 3.50. The molecule has 1 saturated heterocycles. The third-order valence-electron chi connectivity index (χ3n) is 4.77. The van der Waals surface area contributed by atoms with Crippen LogP contribution in [0.4, 0.5) is 5.69 Å². The second-order valence-corrected chi connectivity index (χ2v) is 6.40. The molecule has 3 atom stereocenters. The zero-order valence-electron chi connectivity index (χ0n) is 13.3. The Kier molecular flexibility index (Phi) is 4.81. The van der Waals surface area contributed by atoms with Crippen molar-refractivity contribution in [3.63, 3.8) is 0 Å². The minimum Gasteiger partial charge on any atom is -0.373 e. The van der Waals surface area contributed by atoms with Crippen LogP contribution in [0.25, 0.3) is 0 Å². The Balaban J connectivity index is 1.79. The van der Waals surface area contributed by atoms with Gasteiger partial charge in [0.15, 0.2) is 0 Å². The smallest absolute Gasteiger partial charge is 0.0754 e. The van der Waals surface area contributed by atoms with Gasteiger partial charge in [-0.1, -0.05) is 25.1 Å². The van der Waals surface area contributed by atoms with Crippen LogP contribution in [-0.4, -0.2) is 31.8 Å². The maximum absolute atomic E-state index is 6.04. The number of benzene rings is 1. The fourth-order valence-corrected chi connectivity index (χ4v) is 3.75. The van der Waals surface area contributed by atoms with Crippen LogP contribution in [-0.2, 0) is 4.74 Å². The van der Waals surface area contributed by atoms with E-state index in [1.54, 1.807) is 0 Å². The summed E-state index contributed by atoms with van der Waals surface area (Å²) in [5.74, 6) is 0. The Morgan fingerprint density at radius 3 is 2.86 bits per heavy atom. The van der Waals surface area contributed by atoms with E-state index in [9.17, 15) is 0 Å². The van der Waals surface area contributed by atoms with Gasteiger partial charge in [-0.3, -0.25) is 0 Å². The van der Waals surface area contributed by atoms with E-state index in [2.05, 4.69) is 48.3 Å². The zero-order valence-corrected chi connectivity index (χ0v) is 13.3. The average molecular weight is 288 g/mol. The van der Waals surface area contributed by atoms with Gasteiger partial charge in [0.1, 0.15) is 0 Å². The van der Waals surface area contributed by atoms with E-state index in [4.69, 9.17) is 4.74 Å². The van der Waals surface area contributed by atoms with Crippen LogP contribution in [0.3, 0.4) is 0 Å². The van der Waals surface area contributed by atoms with Crippen molar-refractivity contribution in [2.45, 2.75) is 57.8 Å². The van der Waals surface area contributed by atoms with E-state index in [1.807, 2.05) is 0 Å². The van der Waals surface area contributed by atoms with Gasteiger partial charge in [-0.05, 0) is 50.8 Å². The first-order chi connectivity index (χ1) is 10.3. The molecule has 21 heavy (non-hydrogen) atoms. The molecule has 3 nitrogen and oxygen atoms in total. The maximum Gasteiger partial charge on any atom is 0.0754 e. The van der Waals surface area contributed by atoms with E-state index >= 15 is 0 Å². The summed E-state index contributed by atoms with van der Waals surface area (Å²) in [6.45, 7) is 7.60. The molecule has 0 radical (unpaired) electrons. The monoisotopic (exact) mass is 288 g/mol. The standard InChI is InChI=1S/C18H28N2O/c1-3-19-17-8-6-12-20(13-15-11-10-14(2)21-15)18-9-5-4-7-16(17)18/h4-5,7,9,14-15,17,19H,3,6,8,10-13H2,1-2H3. The van der Waals surface area contributed by atoms with E-state index in [1.165, 1.54) is 36.9 Å². The molecule has 3 unspecified atom stereocenters. The van der Waals surface area contributed by atoms with Crippen molar-refractivity contribution in [1.29, 1.82) is 0 Å². The van der Waals surface area contributed by atoms with Crippen LogP contribution in [0.15, 0.2) is 24.3 Å². The lowest BCUT2D eigenvalue weighted by atomic mass is 10.0. The first-order valence-corrected chi connectivity index (χ1v) is 8.50. The highest BCUT2D eigenvalue weighted by Gasteiger charge is 2.27. The summed E-state index contributed by atoms with van der Waals surface area (Å²) in [5.41, 5.74) is 2.87. The molecular formula is C18H28N2O. The number of hydrogen-bond donors (Lipinski definition) is 1. The lowest BCUT2D eigenvalue weighted by Gasteiger charge is -2.28. The first kappa shape index (κ1) is 14.9. The van der Waals surface area contributed by atoms with Crippen molar-refractivity contribution in [3.05, 3.63) is 29.8 Å². The van der Waals surface area contributed by atoms with Gasteiger partial charge in [-0.15, -0.1) is 0 Å². The second-order valence-electron chi connectivity index (χ2n) is 6.40. The fourth-order valence-electron chi connectivity index (χ4n) is 3.75. The highest BCUT2D eigenvalue weighted by molar-refractivity contribution is 5.56. The normalized spacial score (nSPS) is 29.2. The van der Waals surface area contributed by atoms with Crippen LogP contribution in [0.1, 0.15) is 51.1 Å². The van der Waals surface area contributed by atoms with Gasteiger partial charge < -0.3 is 15.0 Å². The molecule has 0 bridgehead atoms. The van der Waals surface area contributed by atoms with Gasteiger partial charge in [0.2, 0.25) is 0 Å². The molecule has 0 aromatic heterocycles. The third kappa shape index (κ3) is 3.41. The summed E-state index contributed by atoms with van der Waals surface area (Å²) in [6, 6.07) is 9.40. The number of rotatable bonds is 4. The topological polar surface area (TPSA) is 24.5 Å². The van der Waals surface area contributed by atoms with Gasteiger partial charge in [0.05, 0.1) is 12.2 Å². The number of fused-ring (bicyclic) bond motifs is 1. The molecule has 1 N–H and O–H groups in total. The Labute approximate surface area is 128 Å². The Morgan fingerprint density at radius 2 is 2.10 bits per heavy atom. The minimum absolute atomic E-state index is 0.406. The molecule has 3 rings (SSSR count). The molecule has 116 valence electrons. The maximum atomic E-state index is 6.04. The molecule has 0 spiro atoms. The molecule has 2 aliphatic rings. The summed E-state index contributed by atoms with van der Waals surface area (Å²) < 4.78 is 6.04. The summed E-state index contributed by atoms with van der Waals surface area (Å²) in [7, 11) is 0. The molecular weight excluding hydrogens is 260 g/mol. The molecule has 1 fully saturated rings. The number of hydrogen-bond acceptors (Lipinski definition) is 3. The minimum atomic E-state index is 0.406. The Morgan fingerprint density at radius 1 is 1.24 bits per heavy atom. The van der Waals surface area contributed by atoms with Crippen LogP contribution < -0.4 is 10.2 Å². The molecule has 0 saturated carbocycles. The average Bonchev–Trinajstić information content (AvgIpc) is 2.82. The molecule has 3 heteroatoms. The van der Waals surface area contributed by atoms with E-state index in [0.29, 0.717) is 18.2 Å². The lowest BCUT2D eigenvalue weighted by Crippen LogP contribution is -2.33. The highest BCUT2D eigenvalue weighted by atomic mass is 16.5. The number of nitrogens with one attached hydrogen (secondary N) is 1. The van der Waals surface area contributed by atoms with E-state index in [0.717, 1.165) is 19.6 Å². The predicted molar refractivity (Wildman–Crippen MR) is 87.9 cm³/mol. The second kappa shape index (κ2) is 6.80. The highest BCUT2D eigenvalue weighted by Crippen LogP contribution is 2.33. The third-order valence-corrected chi connectivity index (χ3v) is 4.77. The number of para-hydroxylation sites is 1. The Hall–Kier alpha value is -1.06. The van der Waals surface area contributed by atoms with Crippen molar-refractivity contribution >= 4 is 5.69 Å². The zero-order chi connectivity index (χ0) is 14.7. The van der Waals surface area contributed by atoms with Gasteiger partial charge in [-0.25, -0.2) is 0 Å². The van der Waals surface area contributed by atoms with E-state index < -0.39 is 0 Å². The quantitative estimate of drug-likeness (QED) is 0.917. The fraction of sp³-hybridized carbons (Fsp3) is 0.667. The van der Waals surface area contributed by atoms with Crippen molar-refractivity contribution in [2.75, 3.05) is 24.5 Å². The molecule has 0 aliphatic carbocycles. The summed E-state index contributed by atoms with van der Waals surface area (Å²) in [4.78, 5) is 2.55. The number of anilines is 1. The van der Waals surface area contributed by atoms with Crippen LogP contribution in [0, 0.1) is 0 Å². The van der Waals surface area contributed by atoms with Crippen molar-refractivity contribution < 1.29 is 4.74 Å². The molecule has 1 aromatic carbocycles. The van der Waals surface area contributed by atoms with Crippen LogP contribution >= 0.6 is 0 Å². The van der Waals surface area contributed by atoms with Gasteiger partial charge in [0.25, 0.3) is 0 Å². The molecule has 2 aliphatic heterocycles. The Bertz CT molecular complexity index is 462. The van der Waals surface area contributed by atoms with Crippen molar-refractivity contribution in [2.24, 2.45) is 0 Å². The number of ether oxygens (including phenoxy) is 1. The van der Waals surface area contributed by atoms with Gasteiger partial charge >= 0.3 is 0 Å². The number of nitrogens with zero attached hydrogens (tertiary/aromatic N) is 1.